The van der Waals surface area contributed by atoms with E-state index in [-0.39, 0.29) is 24.6 Å². The summed E-state index contributed by atoms with van der Waals surface area (Å²) in [5.41, 5.74) is 1.78. The maximum absolute atomic E-state index is 14.0. The van der Waals surface area contributed by atoms with Crippen molar-refractivity contribution in [2.75, 3.05) is 31.5 Å². The van der Waals surface area contributed by atoms with Crippen molar-refractivity contribution in [1.82, 2.24) is 14.5 Å². The largest absolute Gasteiger partial charge is 0.354 e. The van der Waals surface area contributed by atoms with Gasteiger partial charge in [-0.25, -0.2) is 8.70 Å². The van der Waals surface area contributed by atoms with E-state index in [9.17, 15) is 22.4 Å². The monoisotopic (exact) mass is 554 g/mol. The lowest BCUT2D eigenvalue weighted by molar-refractivity contribution is -0.140. The van der Waals surface area contributed by atoms with Crippen molar-refractivity contribution in [3.05, 3.63) is 102 Å². The Labute approximate surface area is 230 Å². The minimum Gasteiger partial charge on any atom is -0.354 e. The first-order chi connectivity index (χ1) is 18.6. The van der Waals surface area contributed by atoms with Crippen LogP contribution in [0.5, 0.6) is 0 Å². The fourth-order valence-electron chi connectivity index (χ4n) is 4.02. The quantitative estimate of drug-likeness (QED) is 0.350. The lowest BCUT2D eigenvalue weighted by Gasteiger charge is -2.34. The highest BCUT2D eigenvalue weighted by atomic mass is 32.2. The van der Waals surface area contributed by atoms with Crippen molar-refractivity contribution in [3.63, 3.8) is 0 Å². The molecule has 0 saturated heterocycles. The third-order valence-corrected chi connectivity index (χ3v) is 7.97. The number of carbonyl (C=O) groups excluding carboxylic acids is 2. The van der Waals surface area contributed by atoms with Gasteiger partial charge in [-0.3, -0.25) is 9.59 Å². The molecule has 2 amide bonds. The van der Waals surface area contributed by atoms with E-state index in [0.717, 1.165) is 38.3 Å². The number of benzene rings is 3. The fourth-order valence-corrected chi connectivity index (χ4v) is 5.08. The van der Waals surface area contributed by atoms with Gasteiger partial charge >= 0.3 is 10.2 Å². The molecule has 0 heterocycles. The van der Waals surface area contributed by atoms with Crippen LogP contribution in [0.4, 0.5) is 10.1 Å². The van der Waals surface area contributed by atoms with Crippen LogP contribution in [-0.4, -0.2) is 62.7 Å². The summed E-state index contributed by atoms with van der Waals surface area (Å²) in [6.07, 6.45) is 0.960. The summed E-state index contributed by atoms with van der Waals surface area (Å²) >= 11 is 0. The topological polar surface area (TPSA) is 90.0 Å². The average Bonchev–Trinajstić information content (AvgIpc) is 2.93. The van der Waals surface area contributed by atoms with E-state index in [4.69, 9.17) is 0 Å². The highest BCUT2D eigenvalue weighted by molar-refractivity contribution is 7.90. The number of amides is 2. The number of carbonyl (C=O) groups is 2. The number of halogens is 1. The van der Waals surface area contributed by atoms with Gasteiger partial charge in [-0.2, -0.15) is 12.7 Å². The Morgan fingerprint density at radius 1 is 0.872 bits per heavy atom. The minimum atomic E-state index is -4.13. The predicted octanol–water partition coefficient (Wildman–Crippen LogP) is 3.60. The molecule has 3 aromatic rings. The highest BCUT2D eigenvalue weighted by Crippen LogP contribution is 2.22. The Morgan fingerprint density at radius 3 is 1.97 bits per heavy atom. The zero-order valence-electron chi connectivity index (χ0n) is 22.5. The minimum absolute atomic E-state index is 0.0932. The van der Waals surface area contributed by atoms with Crippen LogP contribution in [-0.2, 0) is 32.8 Å². The van der Waals surface area contributed by atoms with E-state index in [0.29, 0.717) is 6.54 Å². The number of rotatable bonds is 13. The molecule has 0 aliphatic heterocycles. The van der Waals surface area contributed by atoms with Gasteiger partial charge in [0, 0.05) is 33.6 Å². The van der Waals surface area contributed by atoms with E-state index in [1.807, 2.05) is 67.6 Å². The Bertz CT molecular complexity index is 1320. The summed E-state index contributed by atoms with van der Waals surface area (Å²) in [4.78, 5) is 28.9. The molecule has 0 fully saturated rings. The van der Waals surface area contributed by atoms with Gasteiger partial charge < -0.3 is 10.2 Å². The Kier molecular flexibility index (Phi) is 10.6. The first kappa shape index (κ1) is 29.8. The van der Waals surface area contributed by atoms with Crippen molar-refractivity contribution in [2.24, 2.45) is 0 Å². The number of anilines is 1. The molecule has 1 atom stereocenters. The Morgan fingerprint density at radius 2 is 1.44 bits per heavy atom. The van der Waals surface area contributed by atoms with Gasteiger partial charge in [0.1, 0.15) is 18.4 Å². The van der Waals surface area contributed by atoms with Crippen LogP contribution in [0.25, 0.3) is 0 Å². The molecule has 0 aliphatic carbocycles. The molecular weight excluding hydrogens is 519 g/mol. The van der Waals surface area contributed by atoms with E-state index in [2.05, 4.69) is 5.32 Å². The first-order valence-electron chi connectivity index (χ1n) is 12.7. The van der Waals surface area contributed by atoms with E-state index >= 15 is 0 Å². The maximum Gasteiger partial charge on any atom is 0.304 e. The van der Waals surface area contributed by atoms with Gasteiger partial charge in [-0.05, 0) is 41.8 Å². The average molecular weight is 555 g/mol. The third kappa shape index (κ3) is 8.11. The molecule has 0 aromatic heterocycles. The van der Waals surface area contributed by atoms with Crippen LogP contribution in [0.15, 0.2) is 84.9 Å². The van der Waals surface area contributed by atoms with Gasteiger partial charge in [0.25, 0.3) is 0 Å². The van der Waals surface area contributed by atoms with Crippen molar-refractivity contribution in [2.45, 2.75) is 32.4 Å². The molecule has 10 heteroatoms. The van der Waals surface area contributed by atoms with Crippen LogP contribution < -0.4 is 9.62 Å². The van der Waals surface area contributed by atoms with E-state index in [1.165, 1.54) is 31.1 Å². The second-order valence-corrected chi connectivity index (χ2v) is 11.3. The molecule has 0 saturated carbocycles. The molecule has 1 unspecified atom stereocenters. The second kappa shape index (κ2) is 13.9. The van der Waals surface area contributed by atoms with Crippen LogP contribution in [0.1, 0.15) is 24.5 Å². The van der Waals surface area contributed by atoms with Gasteiger partial charge in [0.15, 0.2) is 0 Å². The first-order valence-corrected chi connectivity index (χ1v) is 14.1. The van der Waals surface area contributed by atoms with Crippen LogP contribution >= 0.6 is 0 Å². The molecular formula is C29H35FN4O4S. The zero-order valence-corrected chi connectivity index (χ0v) is 23.3. The lowest BCUT2D eigenvalue weighted by Crippen LogP contribution is -2.54. The number of hydrogen-bond donors (Lipinski definition) is 1. The van der Waals surface area contributed by atoms with E-state index < -0.39 is 34.5 Å². The van der Waals surface area contributed by atoms with Gasteiger partial charge in [0.2, 0.25) is 11.8 Å². The number of hydrogen-bond acceptors (Lipinski definition) is 4. The SMILES string of the molecule is CCCNC(=O)C(Cc1ccccc1)N(Cc1ccccc1)C(=O)CN(c1ccc(F)cc1)S(=O)(=O)N(C)C. The summed E-state index contributed by atoms with van der Waals surface area (Å²) in [6, 6.07) is 22.6. The van der Waals surface area contributed by atoms with Crippen LogP contribution in [0.2, 0.25) is 0 Å². The molecule has 8 nitrogen and oxygen atoms in total. The van der Waals surface area contributed by atoms with Crippen molar-refractivity contribution in [1.29, 1.82) is 0 Å². The van der Waals surface area contributed by atoms with Crippen LogP contribution in [0, 0.1) is 5.82 Å². The second-order valence-electron chi connectivity index (χ2n) is 9.28. The molecule has 0 bridgehead atoms. The number of nitrogens with zero attached hydrogens (tertiary/aromatic N) is 3. The molecule has 208 valence electrons. The summed E-state index contributed by atoms with van der Waals surface area (Å²) in [6.45, 7) is 1.89. The van der Waals surface area contributed by atoms with Crippen molar-refractivity contribution < 1.29 is 22.4 Å². The van der Waals surface area contributed by atoms with Crippen molar-refractivity contribution >= 4 is 27.7 Å². The standard InChI is InChI=1S/C29H35FN4O4S/c1-4-19-31-29(36)27(20-23-11-7-5-8-12-23)33(21-24-13-9-6-10-14-24)28(35)22-34(39(37,38)32(2)3)26-17-15-25(30)16-18-26/h5-18,27H,4,19-22H2,1-3H3,(H,31,36). The Balaban J connectivity index is 2.05. The molecule has 3 aromatic carbocycles. The molecule has 3 rings (SSSR count). The summed E-state index contributed by atoms with van der Waals surface area (Å²) < 4.78 is 42.1. The van der Waals surface area contributed by atoms with Crippen LogP contribution in [0.3, 0.4) is 0 Å². The number of nitrogens with one attached hydrogen (secondary N) is 1. The lowest BCUT2D eigenvalue weighted by atomic mass is 10.0. The molecule has 0 spiro atoms. The van der Waals surface area contributed by atoms with E-state index in [1.54, 1.807) is 0 Å². The third-order valence-electron chi connectivity index (χ3n) is 6.15. The zero-order chi connectivity index (χ0) is 28.4. The van der Waals surface area contributed by atoms with Gasteiger partial charge in [-0.15, -0.1) is 0 Å². The summed E-state index contributed by atoms with van der Waals surface area (Å²) in [5.74, 6) is -1.43. The van der Waals surface area contributed by atoms with Crippen molar-refractivity contribution in [3.8, 4) is 0 Å². The molecule has 0 aliphatic rings. The fraction of sp³-hybridized carbons (Fsp3) is 0.310. The molecule has 39 heavy (non-hydrogen) atoms. The molecule has 0 radical (unpaired) electrons. The smallest absolute Gasteiger partial charge is 0.304 e. The Hall–Kier alpha value is -3.76. The summed E-state index contributed by atoms with van der Waals surface area (Å²) in [7, 11) is -1.42. The highest BCUT2D eigenvalue weighted by Gasteiger charge is 2.34. The van der Waals surface area contributed by atoms with Gasteiger partial charge in [0.05, 0.1) is 5.69 Å². The molecule has 1 N–H and O–H groups in total. The van der Waals surface area contributed by atoms with Gasteiger partial charge in [-0.1, -0.05) is 67.6 Å². The normalized spacial score (nSPS) is 12.1. The predicted molar refractivity (Wildman–Crippen MR) is 151 cm³/mol. The summed E-state index contributed by atoms with van der Waals surface area (Å²) in [5, 5.41) is 2.90. The maximum atomic E-state index is 14.0.